The van der Waals surface area contributed by atoms with E-state index in [9.17, 15) is 19.5 Å². The van der Waals surface area contributed by atoms with Crippen LogP contribution in [0.15, 0.2) is 115 Å². The molecule has 50 heavy (non-hydrogen) atoms. The molecule has 8 nitrogen and oxygen atoms in total. The van der Waals surface area contributed by atoms with Gasteiger partial charge in [-0.15, -0.1) is 0 Å². The van der Waals surface area contributed by atoms with Gasteiger partial charge in [-0.25, -0.2) is 0 Å². The maximum absolute atomic E-state index is 15.2. The van der Waals surface area contributed by atoms with Crippen molar-refractivity contribution in [2.24, 2.45) is 23.7 Å². The van der Waals surface area contributed by atoms with Crippen molar-refractivity contribution in [3.63, 3.8) is 0 Å². The number of phenols is 1. The average molecular weight is 664 g/mol. The molecule has 1 saturated carbocycles. The average Bonchev–Trinajstić information content (AvgIpc) is 3.51. The highest BCUT2D eigenvalue weighted by Crippen LogP contribution is 2.65. The van der Waals surface area contributed by atoms with E-state index in [2.05, 4.69) is 12.0 Å². The summed E-state index contributed by atoms with van der Waals surface area (Å²) in [5.41, 5.74) is 7.25. The molecular formula is C42H37N3O5. The first-order valence-electron chi connectivity index (χ1n) is 17.0. The Bertz CT molecular complexity index is 2110. The van der Waals surface area contributed by atoms with Crippen LogP contribution in [-0.4, -0.2) is 33.7 Å². The highest BCUT2D eigenvalue weighted by atomic mass is 16.3. The molecule has 3 fully saturated rings. The third-order valence-corrected chi connectivity index (χ3v) is 11.4. The molecule has 4 aliphatic rings. The van der Waals surface area contributed by atoms with Crippen LogP contribution in [0, 0.1) is 37.5 Å². The number of hydrazine groups is 1. The first-order chi connectivity index (χ1) is 24.2. The Balaban J connectivity index is 1.31. The molecule has 0 spiro atoms. The lowest BCUT2D eigenvalue weighted by Gasteiger charge is -2.50. The first-order valence-corrected chi connectivity index (χ1v) is 17.0. The molecule has 0 radical (unpaired) electrons. The number of benzene rings is 4. The Kier molecular flexibility index (Phi) is 7.37. The zero-order chi connectivity index (χ0) is 34.9. The van der Waals surface area contributed by atoms with E-state index >= 15 is 4.79 Å². The van der Waals surface area contributed by atoms with Gasteiger partial charge in [0.25, 0.3) is 11.8 Å². The van der Waals surface area contributed by atoms with Crippen LogP contribution in [0.5, 0.6) is 5.75 Å². The standard InChI is InChI=1S/C42H37N3O5/c1-4-26-15-19-29(20-16-26)44-38(47)31-22-21-30-33(35(31)40(44)49)23-34-39(48)45(43-28-17-13-24(2)14-18-28)41(50)42(34,27-10-6-5-7-11-27)36(30)32-12-8-9-25(3)37(32)46/h4-21,31,33-36,43,46H,1,22-23H2,2-3H3. The number of fused-ring (bicyclic) bond motifs is 4. The number of amides is 4. The van der Waals surface area contributed by atoms with Gasteiger partial charge in [0.2, 0.25) is 11.8 Å². The van der Waals surface area contributed by atoms with E-state index in [1.807, 2.05) is 91.9 Å². The lowest BCUT2D eigenvalue weighted by atomic mass is 9.49. The molecule has 6 atom stereocenters. The highest BCUT2D eigenvalue weighted by molar-refractivity contribution is 6.22. The van der Waals surface area contributed by atoms with Gasteiger partial charge in [-0.2, -0.15) is 5.01 Å². The van der Waals surface area contributed by atoms with Crippen LogP contribution >= 0.6 is 0 Å². The largest absolute Gasteiger partial charge is 0.507 e. The smallest absolute Gasteiger partial charge is 0.260 e. The molecule has 6 unspecified atom stereocenters. The summed E-state index contributed by atoms with van der Waals surface area (Å²) < 4.78 is 0. The summed E-state index contributed by atoms with van der Waals surface area (Å²) in [6.45, 7) is 7.57. The Morgan fingerprint density at radius 3 is 2.24 bits per heavy atom. The molecule has 2 heterocycles. The summed E-state index contributed by atoms with van der Waals surface area (Å²) in [4.78, 5) is 59.8. The van der Waals surface area contributed by atoms with Crippen LogP contribution < -0.4 is 10.3 Å². The van der Waals surface area contributed by atoms with Gasteiger partial charge in [-0.1, -0.05) is 103 Å². The summed E-state index contributed by atoms with van der Waals surface area (Å²) in [5, 5.41) is 12.9. The summed E-state index contributed by atoms with van der Waals surface area (Å²) in [6.07, 6.45) is 4.19. The Labute approximate surface area is 290 Å². The van der Waals surface area contributed by atoms with E-state index < -0.39 is 46.8 Å². The van der Waals surface area contributed by atoms with E-state index in [1.54, 1.807) is 31.2 Å². The molecule has 2 N–H and O–H groups in total. The summed E-state index contributed by atoms with van der Waals surface area (Å²) in [6, 6.07) is 29.4. The molecule has 4 aromatic rings. The van der Waals surface area contributed by atoms with Crippen molar-refractivity contribution < 1.29 is 24.3 Å². The number of carbonyl (C=O) groups is 4. The minimum absolute atomic E-state index is 0.0400. The van der Waals surface area contributed by atoms with Crippen LogP contribution in [0.3, 0.4) is 0 Å². The minimum atomic E-state index is -1.44. The van der Waals surface area contributed by atoms with Gasteiger partial charge in [0, 0.05) is 11.5 Å². The predicted molar refractivity (Wildman–Crippen MR) is 191 cm³/mol. The zero-order valence-corrected chi connectivity index (χ0v) is 27.9. The van der Waals surface area contributed by atoms with E-state index in [1.165, 1.54) is 4.90 Å². The van der Waals surface area contributed by atoms with Gasteiger partial charge >= 0.3 is 0 Å². The van der Waals surface area contributed by atoms with Crippen LogP contribution in [-0.2, 0) is 24.6 Å². The Morgan fingerprint density at radius 2 is 1.54 bits per heavy atom. The van der Waals surface area contributed by atoms with Crippen molar-refractivity contribution >= 4 is 41.1 Å². The van der Waals surface area contributed by atoms with Crippen molar-refractivity contribution in [3.8, 4) is 5.75 Å². The first kappa shape index (κ1) is 31.5. The molecule has 0 aromatic heterocycles. The zero-order valence-electron chi connectivity index (χ0n) is 27.9. The number of phenolic OH excluding ortho intramolecular Hbond substituents is 1. The van der Waals surface area contributed by atoms with E-state index in [4.69, 9.17) is 0 Å². The maximum Gasteiger partial charge on any atom is 0.260 e. The molecule has 250 valence electrons. The topological polar surface area (TPSA) is 107 Å². The second-order valence-corrected chi connectivity index (χ2v) is 13.9. The highest BCUT2D eigenvalue weighted by Gasteiger charge is 2.70. The fourth-order valence-electron chi connectivity index (χ4n) is 9.02. The monoisotopic (exact) mass is 663 g/mol. The second kappa shape index (κ2) is 11.7. The van der Waals surface area contributed by atoms with Crippen LogP contribution in [0.2, 0.25) is 0 Å². The fourth-order valence-corrected chi connectivity index (χ4v) is 9.02. The summed E-state index contributed by atoms with van der Waals surface area (Å²) in [5.74, 6) is -4.93. The number of rotatable bonds is 6. The normalized spacial score (nSPS) is 27.1. The van der Waals surface area contributed by atoms with Gasteiger partial charge < -0.3 is 5.11 Å². The molecule has 4 aromatic carbocycles. The molecule has 2 aliphatic heterocycles. The van der Waals surface area contributed by atoms with Crippen molar-refractivity contribution in [1.29, 1.82) is 0 Å². The van der Waals surface area contributed by atoms with Crippen LogP contribution in [0.4, 0.5) is 11.4 Å². The van der Waals surface area contributed by atoms with Crippen LogP contribution in [0.25, 0.3) is 6.08 Å². The number of carbonyl (C=O) groups excluding carboxylic acids is 4. The van der Waals surface area contributed by atoms with Gasteiger partial charge in [-0.05, 0) is 73.6 Å². The SMILES string of the molecule is C=Cc1ccc(N2C(=O)C3CC=C4C(CC5C(=O)N(Nc6ccc(C)cc6)C(=O)C5(c5ccccc5)C4c4cccc(C)c4O)C3C2=O)cc1. The molecule has 4 amide bonds. The number of aromatic hydroxyl groups is 1. The number of para-hydroxylation sites is 1. The predicted octanol–water partition coefficient (Wildman–Crippen LogP) is 6.84. The van der Waals surface area contributed by atoms with Crippen molar-refractivity contribution in [1.82, 2.24) is 5.01 Å². The number of hydrogen-bond acceptors (Lipinski definition) is 6. The van der Waals surface area contributed by atoms with Gasteiger partial charge in [0.15, 0.2) is 0 Å². The molecule has 2 aliphatic carbocycles. The number of anilines is 2. The molecule has 0 bridgehead atoms. The third-order valence-electron chi connectivity index (χ3n) is 11.4. The van der Waals surface area contributed by atoms with Gasteiger partial charge in [0.1, 0.15) is 5.75 Å². The minimum Gasteiger partial charge on any atom is -0.507 e. The fraction of sp³-hybridized carbons (Fsp3) is 0.238. The Morgan fingerprint density at radius 1 is 0.820 bits per heavy atom. The lowest BCUT2D eigenvalue weighted by Crippen LogP contribution is -2.53. The third kappa shape index (κ3) is 4.44. The van der Waals surface area contributed by atoms with Gasteiger partial charge in [0.05, 0.1) is 34.5 Å². The van der Waals surface area contributed by atoms with Crippen LogP contribution in [0.1, 0.15) is 46.6 Å². The second-order valence-electron chi connectivity index (χ2n) is 13.9. The lowest BCUT2D eigenvalue weighted by molar-refractivity contribution is -0.138. The number of allylic oxidation sites excluding steroid dienone is 2. The van der Waals surface area contributed by atoms with Gasteiger partial charge in [-0.3, -0.25) is 29.5 Å². The number of nitrogens with one attached hydrogen (secondary N) is 1. The molecule has 2 saturated heterocycles. The number of aryl methyl sites for hydroxylation is 2. The van der Waals surface area contributed by atoms with E-state index in [0.717, 1.165) is 21.7 Å². The summed E-state index contributed by atoms with van der Waals surface area (Å²) in [7, 11) is 0. The maximum atomic E-state index is 15.2. The van der Waals surface area contributed by atoms with E-state index in [-0.39, 0.29) is 24.0 Å². The number of nitrogens with zero attached hydrogens (tertiary/aromatic N) is 2. The quantitative estimate of drug-likeness (QED) is 0.173. The molecular weight excluding hydrogens is 626 g/mol. The van der Waals surface area contributed by atoms with Crippen molar-refractivity contribution in [2.45, 2.75) is 38.0 Å². The molecule has 8 rings (SSSR count). The van der Waals surface area contributed by atoms with Crippen molar-refractivity contribution in [2.75, 3.05) is 10.3 Å². The number of hydrogen-bond donors (Lipinski definition) is 2. The molecule has 8 heteroatoms. The summed E-state index contributed by atoms with van der Waals surface area (Å²) >= 11 is 0. The Hall–Kier alpha value is -5.76. The van der Waals surface area contributed by atoms with Crippen molar-refractivity contribution in [3.05, 3.63) is 143 Å². The van der Waals surface area contributed by atoms with E-state index in [0.29, 0.717) is 34.5 Å². The number of imide groups is 2.